The summed E-state index contributed by atoms with van der Waals surface area (Å²) in [6.07, 6.45) is 3.60. The standard InChI is InChI=1S/C17H28N2/c1-5-15-6-8-16(9-7-15)14(2)19-12-10-17(3,18-4)11-13-19/h6-9,14,18H,5,10-13H2,1-4H3. The molecule has 0 aliphatic carbocycles. The highest BCUT2D eigenvalue weighted by atomic mass is 15.2. The second-order valence-corrected chi connectivity index (χ2v) is 6.12. The molecule has 1 unspecified atom stereocenters. The van der Waals surface area contributed by atoms with E-state index in [1.165, 1.54) is 37.1 Å². The molecule has 0 amide bonds. The quantitative estimate of drug-likeness (QED) is 0.893. The number of piperidine rings is 1. The van der Waals surface area contributed by atoms with Crippen LogP contribution in [0.5, 0.6) is 0 Å². The molecule has 19 heavy (non-hydrogen) atoms. The molecule has 0 aromatic heterocycles. The van der Waals surface area contributed by atoms with Crippen LogP contribution in [0.15, 0.2) is 24.3 Å². The fourth-order valence-electron chi connectivity index (χ4n) is 2.90. The molecule has 1 fully saturated rings. The second-order valence-electron chi connectivity index (χ2n) is 6.12. The minimum Gasteiger partial charge on any atom is -0.314 e. The van der Waals surface area contributed by atoms with Gasteiger partial charge in [0.2, 0.25) is 0 Å². The fourth-order valence-corrected chi connectivity index (χ4v) is 2.90. The zero-order valence-electron chi connectivity index (χ0n) is 12.9. The van der Waals surface area contributed by atoms with Gasteiger partial charge in [0, 0.05) is 24.7 Å². The summed E-state index contributed by atoms with van der Waals surface area (Å²) < 4.78 is 0. The third-order valence-electron chi connectivity index (χ3n) is 4.92. The van der Waals surface area contributed by atoms with Gasteiger partial charge in [-0.25, -0.2) is 0 Å². The number of likely N-dealkylation sites (tertiary alicyclic amines) is 1. The monoisotopic (exact) mass is 260 g/mol. The molecular weight excluding hydrogens is 232 g/mol. The Morgan fingerprint density at radius 1 is 1.21 bits per heavy atom. The summed E-state index contributed by atoms with van der Waals surface area (Å²) >= 11 is 0. The maximum atomic E-state index is 3.47. The molecule has 2 nitrogen and oxygen atoms in total. The first-order valence-corrected chi connectivity index (χ1v) is 7.60. The summed E-state index contributed by atoms with van der Waals surface area (Å²) in [4.78, 5) is 2.61. The smallest absolute Gasteiger partial charge is 0.0319 e. The lowest BCUT2D eigenvalue weighted by Crippen LogP contribution is -2.50. The Kier molecular flexibility index (Phi) is 4.64. The third-order valence-corrected chi connectivity index (χ3v) is 4.92. The van der Waals surface area contributed by atoms with Crippen LogP contribution in [0.25, 0.3) is 0 Å². The summed E-state index contributed by atoms with van der Waals surface area (Å²) in [7, 11) is 2.09. The number of nitrogens with zero attached hydrogens (tertiary/aromatic N) is 1. The lowest BCUT2D eigenvalue weighted by atomic mass is 9.88. The molecule has 1 N–H and O–H groups in total. The predicted molar refractivity (Wildman–Crippen MR) is 82.5 cm³/mol. The Bertz CT molecular complexity index is 388. The SMILES string of the molecule is CCc1ccc(C(C)N2CCC(C)(NC)CC2)cc1. The number of rotatable bonds is 4. The number of aryl methyl sites for hydroxylation is 1. The highest BCUT2D eigenvalue weighted by molar-refractivity contribution is 5.24. The van der Waals surface area contributed by atoms with Gasteiger partial charge in [-0.05, 0) is 51.3 Å². The van der Waals surface area contributed by atoms with E-state index in [9.17, 15) is 0 Å². The number of benzene rings is 1. The Morgan fingerprint density at radius 3 is 2.26 bits per heavy atom. The summed E-state index contributed by atoms with van der Waals surface area (Å²) in [6, 6.07) is 9.68. The van der Waals surface area contributed by atoms with Crippen LogP contribution in [0.1, 0.15) is 50.8 Å². The van der Waals surface area contributed by atoms with Crippen LogP contribution in [0.2, 0.25) is 0 Å². The van der Waals surface area contributed by atoms with Crippen molar-refractivity contribution in [1.82, 2.24) is 10.2 Å². The zero-order chi connectivity index (χ0) is 13.9. The highest BCUT2D eigenvalue weighted by Gasteiger charge is 2.30. The van der Waals surface area contributed by atoms with Crippen LogP contribution in [-0.2, 0) is 6.42 Å². The van der Waals surface area contributed by atoms with E-state index in [0.29, 0.717) is 11.6 Å². The topological polar surface area (TPSA) is 15.3 Å². The molecule has 0 bridgehead atoms. The van der Waals surface area contributed by atoms with Crippen LogP contribution >= 0.6 is 0 Å². The minimum atomic E-state index is 0.336. The molecule has 1 saturated heterocycles. The number of hydrogen-bond donors (Lipinski definition) is 1. The predicted octanol–water partition coefficient (Wildman–Crippen LogP) is 3.38. The fraction of sp³-hybridized carbons (Fsp3) is 0.647. The molecule has 2 rings (SSSR count). The number of nitrogens with one attached hydrogen (secondary N) is 1. The van der Waals surface area contributed by atoms with E-state index in [2.05, 4.69) is 62.3 Å². The van der Waals surface area contributed by atoms with Crippen molar-refractivity contribution in [1.29, 1.82) is 0 Å². The first kappa shape index (κ1) is 14.5. The molecule has 1 atom stereocenters. The molecule has 1 aromatic carbocycles. The first-order chi connectivity index (χ1) is 9.08. The highest BCUT2D eigenvalue weighted by Crippen LogP contribution is 2.28. The summed E-state index contributed by atoms with van der Waals surface area (Å²) in [6.45, 7) is 9.26. The molecule has 1 aliphatic rings. The second kappa shape index (κ2) is 6.06. The molecule has 1 heterocycles. The van der Waals surface area contributed by atoms with Crippen molar-refractivity contribution in [3.05, 3.63) is 35.4 Å². The minimum absolute atomic E-state index is 0.336. The largest absolute Gasteiger partial charge is 0.314 e. The summed E-state index contributed by atoms with van der Waals surface area (Å²) in [5.41, 5.74) is 3.21. The Labute approximate surface area is 118 Å². The van der Waals surface area contributed by atoms with Crippen LogP contribution in [0.4, 0.5) is 0 Å². The van der Waals surface area contributed by atoms with Gasteiger partial charge in [0.05, 0.1) is 0 Å². The van der Waals surface area contributed by atoms with Crippen molar-refractivity contribution in [2.45, 2.75) is 51.6 Å². The van der Waals surface area contributed by atoms with E-state index in [-0.39, 0.29) is 0 Å². The van der Waals surface area contributed by atoms with E-state index in [4.69, 9.17) is 0 Å². The van der Waals surface area contributed by atoms with Crippen molar-refractivity contribution in [2.24, 2.45) is 0 Å². The molecule has 1 aliphatic heterocycles. The normalized spacial score (nSPS) is 21.3. The van der Waals surface area contributed by atoms with E-state index >= 15 is 0 Å². The van der Waals surface area contributed by atoms with Gasteiger partial charge in [0.25, 0.3) is 0 Å². The van der Waals surface area contributed by atoms with Gasteiger partial charge in [0.15, 0.2) is 0 Å². The van der Waals surface area contributed by atoms with Gasteiger partial charge >= 0.3 is 0 Å². The Balaban J connectivity index is 1.98. The third kappa shape index (κ3) is 3.37. The van der Waals surface area contributed by atoms with Gasteiger partial charge in [-0.1, -0.05) is 31.2 Å². The van der Waals surface area contributed by atoms with Crippen molar-refractivity contribution in [3.63, 3.8) is 0 Å². The van der Waals surface area contributed by atoms with Gasteiger partial charge in [-0.2, -0.15) is 0 Å². The lowest BCUT2D eigenvalue weighted by molar-refractivity contribution is 0.117. The summed E-state index contributed by atoms with van der Waals surface area (Å²) in [5, 5.41) is 3.47. The van der Waals surface area contributed by atoms with E-state index < -0.39 is 0 Å². The van der Waals surface area contributed by atoms with Gasteiger partial charge < -0.3 is 5.32 Å². The molecule has 0 spiro atoms. The van der Waals surface area contributed by atoms with Crippen molar-refractivity contribution in [3.8, 4) is 0 Å². The lowest BCUT2D eigenvalue weighted by Gasteiger charge is -2.42. The molecule has 1 aromatic rings. The molecule has 0 radical (unpaired) electrons. The van der Waals surface area contributed by atoms with Gasteiger partial charge in [-0.15, -0.1) is 0 Å². The molecule has 2 heteroatoms. The Hall–Kier alpha value is -0.860. The number of hydrogen-bond acceptors (Lipinski definition) is 2. The van der Waals surface area contributed by atoms with Crippen molar-refractivity contribution < 1.29 is 0 Å². The van der Waals surface area contributed by atoms with Gasteiger partial charge in [0.1, 0.15) is 0 Å². The van der Waals surface area contributed by atoms with Crippen LogP contribution < -0.4 is 5.32 Å². The van der Waals surface area contributed by atoms with Crippen LogP contribution in [0, 0.1) is 0 Å². The van der Waals surface area contributed by atoms with Crippen LogP contribution in [-0.4, -0.2) is 30.6 Å². The maximum absolute atomic E-state index is 3.47. The van der Waals surface area contributed by atoms with Gasteiger partial charge in [-0.3, -0.25) is 4.90 Å². The zero-order valence-corrected chi connectivity index (χ0v) is 12.9. The first-order valence-electron chi connectivity index (χ1n) is 7.60. The average molecular weight is 260 g/mol. The van der Waals surface area contributed by atoms with E-state index in [0.717, 1.165) is 6.42 Å². The molecule has 0 saturated carbocycles. The van der Waals surface area contributed by atoms with Crippen LogP contribution in [0.3, 0.4) is 0 Å². The van der Waals surface area contributed by atoms with E-state index in [1.54, 1.807) is 0 Å². The maximum Gasteiger partial charge on any atom is 0.0319 e. The van der Waals surface area contributed by atoms with Crippen molar-refractivity contribution >= 4 is 0 Å². The van der Waals surface area contributed by atoms with Crippen molar-refractivity contribution in [2.75, 3.05) is 20.1 Å². The average Bonchev–Trinajstić information content (AvgIpc) is 2.47. The Morgan fingerprint density at radius 2 is 1.79 bits per heavy atom. The molecular formula is C17H28N2. The van der Waals surface area contributed by atoms with E-state index in [1.807, 2.05) is 0 Å². The summed E-state index contributed by atoms with van der Waals surface area (Å²) in [5.74, 6) is 0. The molecule has 106 valence electrons.